The molecule has 0 bridgehead atoms. The lowest BCUT2D eigenvalue weighted by molar-refractivity contribution is -0.118. The fourth-order valence-electron chi connectivity index (χ4n) is 3.78. The zero-order valence-corrected chi connectivity index (χ0v) is 21.8. The first kappa shape index (κ1) is 25.7. The van der Waals surface area contributed by atoms with Crippen LogP contribution < -0.4 is 10.9 Å². The van der Waals surface area contributed by atoms with Crippen molar-refractivity contribution in [1.29, 1.82) is 0 Å². The number of thioether (sulfide) groups is 1. The number of nitrogens with zero attached hydrogens (tertiary/aromatic N) is 2. The minimum absolute atomic E-state index is 0.122. The summed E-state index contributed by atoms with van der Waals surface area (Å²) in [6.07, 6.45) is 0.741. The van der Waals surface area contributed by atoms with E-state index in [0.717, 1.165) is 28.9 Å². The van der Waals surface area contributed by atoms with Crippen LogP contribution in [0.15, 0.2) is 70.6 Å². The molecule has 7 nitrogen and oxygen atoms in total. The molecule has 2 heterocycles. The Kier molecular flexibility index (Phi) is 8.56. The van der Waals surface area contributed by atoms with Gasteiger partial charge in [0.25, 0.3) is 5.56 Å². The highest BCUT2D eigenvalue weighted by molar-refractivity contribution is 7.99. The van der Waals surface area contributed by atoms with Crippen LogP contribution in [-0.2, 0) is 22.5 Å². The maximum Gasteiger partial charge on any atom is 0.348 e. The summed E-state index contributed by atoms with van der Waals surface area (Å²) in [6, 6.07) is 19.6. The van der Waals surface area contributed by atoms with Gasteiger partial charge >= 0.3 is 5.97 Å². The van der Waals surface area contributed by atoms with Crippen molar-refractivity contribution in [3.63, 3.8) is 0 Å². The number of hydrogen-bond donors (Lipinski definition) is 1. The highest BCUT2D eigenvalue weighted by atomic mass is 32.2. The molecule has 0 atom stereocenters. The normalized spacial score (nSPS) is 10.9. The third-order valence-corrected chi connectivity index (χ3v) is 7.71. The third kappa shape index (κ3) is 6.03. The Hall–Kier alpha value is -3.43. The van der Waals surface area contributed by atoms with E-state index in [9.17, 15) is 14.4 Å². The summed E-state index contributed by atoms with van der Waals surface area (Å²) in [5, 5.41) is 3.78. The first-order chi connectivity index (χ1) is 17.5. The number of fused-ring (bicyclic) bond motifs is 1. The summed E-state index contributed by atoms with van der Waals surface area (Å²) >= 11 is 2.36. The minimum atomic E-state index is -0.459. The fraction of sp³-hybridized carbons (Fsp3) is 0.259. The lowest BCUT2D eigenvalue weighted by Gasteiger charge is -2.12. The van der Waals surface area contributed by atoms with Gasteiger partial charge in [-0.1, -0.05) is 72.4 Å². The van der Waals surface area contributed by atoms with Gasteiger partial charge in [-0.3, -0.25) is 14.2 Å². The van der Waals surface area contributed by atoms with Gasteiger partial charge in [0.1, 0.15) is 9.71 Å². The Morgan fingerprint density at radius 3 is 2.39 bits per heavy atom. The number of aryl methyl sites for hydroxylation is 1. The van der Waals surface area contributed by atoms with Crippen LogP contribution in [0.25, 0.3) is 10.2 Å². The largest absolute Gasteiger partial charge is 0.462 e. The number of carbonyl (C=O) groups excluding carboxylic acids is 2. The second-order valence-electron chi connectivity index (χ2n) is 8.10. The standard InChI is InChI=1S/C27H27N3O4S2/c1-3-34-26(33)23-18(2)22-24(36-23)29-27(30(25(22)32)16-20-12-8-5-9-13-20)35-17-21(31)28-15-14-19-10-6-4-7-11-19/h4-13H,3,14-17H2,1-2H3,(H,28,31). The summed E-state index contributed by atoms with van der Waals surface area (Å²) in [5.41, 5.74) is 2.43. The Morgan fingerprint density at radius 1 is 1.06 bits per heavy atom. The molecule has 0 saturated heterocycles. The van der Waals surface area contributed by atoms with Gasteiger partial charge in [-0.05, 0) is 37.0 Å². The predicted molar refractivity (Wildman–Crippen MR) is 144 cm³/mol. The van der Waals surface area contributed by atoms with Crippen LogP contribution in [0.4, 0.5) is 0 Å². The van der Waals surface area contributed by atoms with Gasteiger partial charge in [0.05, 0.1) is 24.3 Å². The van der Waals surface area contributed by atoms with E-state index in [-0.39, 0.29) is 23.8 Å². The monoisotopic (exact) mass is 521 g/mol. The molecule has 0 fully saturated rings. The van der Waals surface area contributed by atoms with Gasteiger partial charge in [0, 0.05) is 6.54 Å². The van der Waals surface area contributed by atoms with Crippen LogP contribution in [0.3, 0.4) is 0 Å². The number of benzene rings is 2. The molecule has 1 amide bonds. The maximum atomic E-state index is 13.6. The van der Waals surface area contributed by atoms with E-state index in [2.05, 4.69) is 5.32 Å². The SMILES string of the molecule is CCOC(=O)c1sc2nc(SCC(=O)NCCc3ccccc3)n(Cc3ccccc3)c(=O)c2c1C. The molecule has 186 valence electrons. The van der Waals surface area contributed by atoms with Crippen molar-refractivity contribution in [3.8, 4) is 0 Å². The van der Waals surface area contributed by atoms with Gasteiger partial charge in [0.2, 0.25) is 5.91 Å². The molecule has 0 aliphatic heterocycles. The summed E-state index contributed by atoms with van der Waals surface area (Å²) in [5.74, 6) is -0.471. The lowest BCUT2D eigenvalue weighted by Crippen LogP contribution is -2.28. The summed E-state index contributed by atoms with van der Waals surface area (Å²) in [4.78, 5) is 44.1. The topological polar surface area (TPSA) is 90.3 Å². The molecule has 0 unspecified atom stereocenters. The van der Waals surface area contributed by atoms with E-state index in [1.165, 1.54) is 11.8 Å². The van der Waals surface area contributed by atoms with E-state index < -0.39 is 5.97 Å². The van der Waals surface area contributed by atoms with E-state index in [1.54, 1.807) is 18.4 Å². The molecule has 0 spiro atoms. The van der Waals surface area contributed by atoms with Crippen molar-refractivity contribution >= 4 is 45.2 Å². The van der Waals surface area contributed by atoms with Crippen LogP contribution in [0, 0.1) is 6.92 Å². The molecule has 0 aliphatic rings. The molecular weight excluding hydrogens is 494 g/mol. The van der Waals surface area contributed by atoms with E-state index in [0.29, 0.717) is 38.9 Å². The predicted octanol–water partition coefficient (Wildman–Crippen LogP) is 4.44. The first-order valence-corrected chi connectivity index (χ1v) is 13.5. The second-order valence-corrected chi connectivity index (χ2v) is 10.0. The van der Waals surface area contributed by atoms with Gasteiger partial charge < -0.3 is 10.1 Å². The molecule has 0 aliphatic carbocycles. The fourth-order valence-corrected chi connectivity index (χ4v) is 5.72. The van der Waals surface area contributed by atoms with Gasteiger partial charge in [-0.2, -0.15) is 0 Å². The smallest absolute Gasteiger partial charge is 0.348 e. The van der Waals surface area contributed by atoms with Gasteiger partial charge in [0.15, 0.2) is 5.16 Å². The molecule has 2 aromatic carbocycles. The highest BCUT2D eigenvalue weighted by Gasteiger charge is 2.23. The number of rotatable bonds is 10. The van der Waals surface area contributed by atoms with Crippen molar-refractivity contribution in [1.82, 2.24) is 14.9 Å². The molecule has 4 rings (SSSR count). The second kappa shape index (κ2) is 12.0. The van der Waals surface area contributed by atoms with Gasteiger partial charge in [-0.15, -0.1) is 11.3 Å². The Balaban J connectivity index is 1.58. The number of thiophene rings is 1. The number of ether oxygens (including phenoxy) is 1. The van der Waals surface area contributed by atoms with Crippen molar-refractivity contribution < 1.29 is 14.3 Å². The quantitative estimate of drug-likeness (QED) is 0.189. The molecule has 2 aromatic heterocycles. The molecule has 36 heavy (non-hydrogen) atoms. The van der Waals surface area contributed by atoms with Gasteiger partial charge in [-0.25, -0.2) is 9.78 Å². The van der Waals surface area contributed by atoms with Crippen molar-refractivity contribution in [2.45, 2.75) is 32.0 Å². The zero-order valence-electron chi connectivity index (χ0n) is 20.2. The number of amides is 1. The van der Waals surface area contributed by atoms with Crippen LogP contribution in [0.2, 0.25) is 0 Å². The van der Waals surface area contributed by atoms with Crippen LogP contribution in [0.1, 0.15) is 33.3 Å². The Labute approximate surface area is 217 Å². The maximum absolute atomic E-state index is 13.6. The molecule has 0 saturated carbocycles. The molecule has 0 radical (unpaired) electrons. The summed E-state index contributed by atoms with van der Waals surface area (Å²) in [6.45, 7) is 4.57. The van der Waals surface area contributed by atoms with Crippen molar-refractivity contribution in [2.75, 3.05) is 18.9 Å². The zero-order chi connectivity index (χ0) is 25.5. The summed E-state index contributed by atoms with van der Waals surface area (Å²) in [7, 11) is 0. The summed E-state index contributed by atoms with van der Waals surface area (Å²) < 4.78 is 6.74. The molecular formula is C27H27N3O4S2. The highest BCUT2D eigenvalue weighted by Crippen LogP contribution is 2.30. The average molecular weight is 522 g/mol. The van der Waals surface area contributed by atoms with Crippen LogP contribution in [-0.4, -0.2) is 40.3 Å². The van der Waals surface area contributed by atoms with Crippen molar-refractivity contribution in [2.24, 2.45) is 0 Å². The third-order valence-electron chi connectivity index (χ3n) is 5.57. The minimum Gasteiger partial charge on any atom is -0.462 e. The van der Waals surface area contributed by atoms with E-state index >= 15 is 0 Å². The average Bonchev–Trinajstić information content (AvgIpc) is 3.22. The number of nitrogens with one attached hydrogen (secondary N) is 1. The molecule has 9 heteroatoms. The van der Waals surface area contributed by atoms with Crippen LogP contribution in [0.5, 0.6) is 0 Å². The number of carbonyl (C=O) groups is 2. The van der Waals surface area contributed by atoms with Crippen molar-refractivity contribution in [3.05, 3.63) is 92.6 Å². The lowest BCUT2D eigenvalue weighted by atomic mass is 10.1. The Bertz CT molecular complexity index is 1420. The molecule has 4 aromatic rings. The van der Waals surface area contributed by atoms with E-state index in [4.69, 9.17) is 9.72 Å². The number of hydrogen-bond acceptors (Lipinski definition) is 7. The first-order valence-electron chi connectivity index (χ1n) is 11.7. The number of aromatic nitrogens is 2. The Morgan fingerprint density at radius 2 is 1.72 bits per heavy atom. The van der Waals surface area contributed by atoms with E-state index in [1.807, 2.05) is 60.7 Å². The molecule has 1 N–H and O–H groups in total. The van der Waals surface area contributed by atoms with Crippen LogP contribution >= 0.6 is 23.1 Å². The number of esters is 1.